The van der Waals surface area contributed by atoms with Crippen LogP contribution < -0.4 is 10.5 Å². The number of carbonyl (C=O) groups excluding carboxylic acids is 1. The topological polar surface area (TPSA) is 144 Å². The first-order valence-electron chi connectivity index (χ1n) is 9.43. The van der Waals surface area contributed by atoms with E-state index < -0.39 is 0 Å². The molecule has 2 atom stereocenters. The van der Waals surface area contributed by atoms with Crippen molar-refractivity contribution in [1.82, 2.24) is 9.97 Å². The molecule has 0 saturated heterocycles. The minimum absolute atomic E-state index is 0.152. The lowest BCUT2D eigenvalue weighted by atomic mass is 10.1. The molecule has 5 N–H and O–H groups in total. The van der Waals surface area contributed by atoms with Crippen LogP contribution in [0.5, 0.6) is 0 Å². The van der Waals surface area contributed by atoms with Gasteiger partial charge in [0.05, 0.1) is 37.3 Å². The number of hydrogen-bond acceptors (Lipinski definition) is 10. The molecule has 1 fully saturated rings. The van der Waals surface area contributed by atoms with Crippen molar-refractivity contribution in [2.24, 2.45) is 11.1 Å². The van der Waals surface area contributed by atoms with E-state index in [1.807, 2.05) is 13.8 Å². The first-order valence-corrected chi connectivity index (χ1v) is 10.2. The Morgan fingerprint density at radius 1 is 1.41 bits per heavy atom. The van der Waals surface area contributed by atoms with E-state index >= 15 is 0 Å². The first kappa shape index (κ1) is 25.1. The highest BCUT2D eigenvalue weighted by molar-refractivity contribution is 7.92. The number of nitrogens with two attached hydrogens (primary N) is 1. The normalized spacial score (nSPS) is 17.6. The van der Waals surface area contributed by atoms with Gasteiger partial charge in [-0.05, 0) is 31.2 Å². The van der Waals surface area contributed by atoms with Gasteiger partial charge >= 0.3 is 0 Å². The molecule has 1 aliphatic rings. The molecule has 2 aromatic rings. The van der Waals surface area contributed by atoms with Crippen LogP contribution in [0, 0.1) is 5.92 Å². The standard InChI is InChI=1S/C16H20N4O4S.C2H6.CH4O/c17-25-24-8-10-1-2-12(3-10)20-16-13(5-18-9-19-16)15(22)14-4-11(6-21)7-23-14;2*1-2/h4-5,7,9-10,12,21H,1-3,6,8,17H2,(H,18,19,20);1-2H3;2H,1H3. The van der Waals surface area contributed by atoms with Gasteiger partial charge in [-0.1, -0.05) is 13.8 Å². The number of hydrogen-bond donors (Lipinski definition) is 4. The van der Waals surface area contributed by atoms with Gasteiger partial charge in [0.25, 0.3) is 0 Å². The van der Waals surface area contributed by atoms with Gasteiger partial charge in [0.1, 0.15) is 12.1 Å². The minimum atomic E-state index is -0.319. The summed E-state index contributed by atoms with van der Waals surface area (Å²) in [6, 6.07) is 1.73. The summed E-state index contributed by atoms with van der Waals surface area (Å²) >= 11 is 0.888. The van der Waals surface area contributed by atoms with Crippen LogP contribution in [0.25, 0.3) is 0 Å². The molecule has 1 saturated carbocycles. The van der Waals surface area contributed by atoms with Crippen LogP contribution in [0.3, 0.4) is 0 Å². The van der Waals surface area contributed by atoms with E-state index in [1.54, 1.807) is 0 Å². The quantitative estimate of drug-likeness (QED) is 0.282. The average molecular weight is 427 g/mol. The van der Waals surface area contributed by atoms with Crippen molar-refractivity contribution in [2.75, 3.05) is 19.0 Å². The van der Waals surface area contributed by atoms with E-state index in [0.29, 0.717) is 29.5 Å². The second-order valence-electron chi connectivity index (χ2n) is 5.99. The molecule has 2 aromatic heterocycles. The minimum Gasteiger partial charge on any atom is -0.460 e. The number of aliphatic hydroxyl groups excluding tert-OH is 2. The van der Waals surface area contributed by atoms with Gasteiger partial charge < -0.3 is 24.1 Å². The molecule has 2 heterocycles. The highest BCUT2D eigenvalue weighted by Crippen LogP contribution is 2.29. The van der Waals surface area contributed by atoms with Crippen LogP contribution in [-0.2, 0) is 10.8 Å². The molecule has 0 radical (unpaired) electrons. The van der Waals surface area contributed by atoms with Gasteiger partial charge in [0, 0.05) is 24.9 Å². The second-order valence-corrected chi connectivity index (χ2v) is 6.42. The fourth-order valence-electron chi connectivity index (χ4n) is 3.01. The van der Waals surface area contributed by atoms with Crippen molar-refractivity contribution in [3.63, 3.8) is 0 Å². The van der Waals surface area contributed by atoms with Crippen molar-refractivity contribution >= 4 is 23.8 Å². The Morgan fingerprint density at radius 3 is 2.83 bits per heavy atom. The lowest BCUT2D eigenvalue weighted by Crippen LogP contribution is -2.20. The molecular weight excluding hydrogens is 396 g/mol. The van der Waals surface area contributed by atoms with Gasteiger partial charge in [0.2, 0.25) is 5.78 Å². The van der Waals surface area contributed by atoms with Gasteiger partial charge in [-0.25, -0.2) is 9.97 Å². The number of carbonyl (C=O) groups is 1. The molecule has 2 unspecified atom stereocenters. The Labute approximate surface area is 175 Å². The predicted molar refractivity (Wildman–Crippen MR) is 112 cm³/mol. The fraction of sp³-hybridized carbons (Fsp3) is 0.526. The van der Waals surface area contributed by atoms with Gasteiger partial charge in [-0.15, -0.1) is 0 Å². The molecule has 3 rings (SSSR count). The van der Waals surface area contributed by atoms with Crippen molar-refractivity contribution in [3.05, 3.63) is 41.7 Å². The van der Waals surface area contributed by atoms with Crippen molar-refractivity contribution in [3.8, 4) is 0 Å². The maximum absolute atomic E-state index is 12.6. The van der Waals surface area contributed by atoms with Crippen LogP contribution in [0.15, 0.2) is 29.3 Å². The van der Waals surface area contributed by atoms with Crippen molar-refractivity contribution in [2.45, 2.75) is 45.8 Å². The van der Waals surface area contributed by atoms with Crippen LogP contribution >= 0.6 is 12.2 Å². The molecule has 0 amide bonds. The summed E-state index contributed by atoms with van der Waals surface area (Å²) in [6.07, 6.45) is 7.16. The fourth-order valence-corrected chi connectivity index (χ4v) is 3.28. The number of nitrogens with zero attached hydrogens (tertiary/aromatic N) is 2. The zero-order valence-corrected chi connectivity index (χ0v) is 17.8. The number of nitrogens with one attached hydrogen (secondary N) is 1. The number of anilines is 1. The Kier molecular flexibility index (Phi) is 12.2. The molecule has 0 aromatic carbocycles. The lowest BCUT2D eigenvalue weighted by Gasteiger charge is -2.15. The summed E-state index contributed by atoms with van der Waals surface area (Å²) in [7, 11) is 1.00. The smallest absolute Gasteiger partial charge is 0.233 e. The largest absolute Gasteiger partial charge is 0.460 e. The molecule has 29 heavy (non-hydrogen) atoms. The monoisotopic (exact) mass is 426 g/mol. The molecule has 0 bridgehead atoms. The van der Waals surface area contributed by atoms with E-state index in [2.05, 4.69) is 15.3 Å². The van der Waals surface area contributed by atoms with Crippen LogP contribution in [0.2, 0.25) is 0 Å². The second kappa shape index (κ2) is 14.1. The Balaban J connectivity index is 0.000000989. The Hall–Kier alpha value is -1.98. The number of aliphatic hydroxyl groups is 2. The number of ketones is 1. The van der Waals surface area contributed by atoms with Crippen LogP contribution in [-0.4, -0.2) is 45.7 Å². The van der Waals surface area contributed by atoms with E-state index in [4.69, 9.17) is 24.0 Å². The number of rotatable bonds is 8. The van der Waals surface area contributed by atoms with Gasteiger partial charge in [0.15, 0.2) is 5.76 Å². The van der Waals surface area contributed by atoms with Crippen molar-refractivity contribution < 1.29 is 23.6 Å². The van der Waals surface area contributed by atoms with Gasteiger partial charge in [-0.2, -0.15) is 0 Å². The summed E-state index contributed by atoms with van der Waals surface area (Å²) < 4.78 is 10.4. The maximum atomic E-state index is 12.6. The van der Waals surface area contributed by atoms with Crippen LogP contribution in [0.1, 0.15) is 54.8 Å². The molecule has 9 nitrogen and oxygen atoms in total. The molecule has 0 aliphatic heterocycles. The lowest BCUT2D eigenvalue weighted by molar-refractivity contribution is 0.101. The molecule has 162 valence electrons. The van der Waals surface area contributed by atoms with Crippen LogP contribution in [0.4, 0.5) is 5.82 Å². The highest BCUT2D eigenvalue weighted by atomic mass is 32.2. The van der Waals surface area contributed by atoms with E-state index in [1.165, 1.54) is 24.9 Å². The summed E-state index contributed by atoms with van der Waals surface area (Å²) in [6.45, 7) is 4.44. The summed E-state index contributed by atoms with van der Waals surface area (Å²) in [5.74, 6) is 0.758. The molecule has 0 spiro atoms. The van der Waals surface area contributed by atoms with Gasteiger partial charge in [-0.3, -0.25) is 9.93 Å². The summed E-state index contributed by atoms with van der Waals surface area (Å²) in [4.78, 5) is 20.8. The average Bonchev–Trinajstić information content (AvgIpc) is 3.44. The zero-order valence-electron chi connectivity index (χ0n) is 17.0. The maximum Gasteiger partial charge on any atom is 0.233 e. The van der Waals surface area contributed by atoms with E-state index in [0.717, 1.165) is 38.6 Å². The molecule has 10 heteroatoms. The highest BCUT2D eigenvalue weighted by Gasteiger charge is 2.27. The Morgan fingerprint density at radius 2 is 2.17 bits per heavy atom. The van der Waals surface area contributed by atoms with Crippen molar-refractivity contribution in [1.29, 1.82) is 0 Å². The third-order valence-electron chi connectivity index (χ3n) is 4.27. The van der Waals surface area contributed by atoms with E-state index in [-0.39, 0.29) is 24.2 Å². The number of aromatic nitrogens is 2. The third kappa shape index (κ3) is 7.41. The molecular formula is C19H30N4O5S. The predicted octanol–water partition coefficient (Wildman–Crippen LogP) is 2.55. The summed E-state index contributed by atoms with van der Waals surface area (Å²) in [5.41, 5.74) is 0.893. The third-order valence-corrected chi connectivity index (χ3v) is 4.54. The number of furan rings is 1. The zero-order chi connectivity index (χ0) is 21.6. The molecule has 1 aliphatic carbocycles. The summed E-state index contributed by atoms with van der Waals surface area (Å²) in [5, 5.41) is 24.7. The first-order chi connectivity index (χ1) is 14.2. The Bertz CT molecular complexity index is 728. The SMILES string of the molecule is CC.CO.NSOCC1CCC(Nc2ncncc2C(=O)c2cc(CO)co2)C1. The van der Waals surface area contributed by atoms with E-state index in [9.17, 15) is 4.79 Å².